The molecule has 0 fully saturated rings. The van der Waals surface area contributed by atoms with E-state index in [1.165, 1.54) is 4.90 Å². The van der Waals surface area contributed by atoms with Gasteiger partial charge in [0.15, 0.2) is 0 Å². The van der Waals surface area contributed by atoms with Gasteiger partial charge >= 0.3 is 6.09 Å². The molecule has 5 heteroatoms. The Kier molecular flexibility index (Phi) is 4.51. The lowest BCUT2D eigenvalue weighted by atomic mass is 9.96. The van der Waals surface area contributed by atoms with Crippen molar-refractivity contribution in [2.75, 3.05) is 6.54 Å². The Bertz CT molecular complexity index is 402. The lowest BCUT2D eigenvalue weighted by molar-refractivity contribution is 0.122. The van der Waals surface area contributed by atoms with Crippen molar-refractivity contribution in [2.24, 2.45) is 5.41 Å². The van der Waals surface area contributed by atoms with Crippen molar-refractivity contribution in [3.8, 4) is 0 Å². The maximum atomic E-state index is 11.2. The standard InChI is InChI=1S/C12H17BrN2O2/c1-12(2,3)8-15(11(16)17)7-9-5-4-6-10(13)14-9/h4-6H,7-8H2,1-3H3,(H,16,17). The smallest absolute Gasteiger partial charge is 0.407 e. The van der Waals surface area contributed by atoms with Crippen LogP contribution in [-0.2, 0) is 6.54 Å². The number of halogens is 1. The fourth-order valence-corrected chi connectivity index (χ4v) is 1.88. The molecule has 94 valence electrons. The molecule has 1 aromatic heterocycles. The van der Waals surface area contributed by atoms with Gasteiger partial charge in [0.1, 0.15) is 4.60 Å². The summed E-state index contributed by atoms with van der Waals surface area (Å²) in [6.07, 6.45) is -0.915. The van der Waals surface area contributed by atoms with Gasteiger partial charge in [-0.05, 0) is 33.5 Å². The van der Waals surface area contributed by atoms with Gasteiger partial charge in [-0.3, -0.25) is 0 Å². The molecule has 0 saturated heterocycles. The number of nitrogens with zero attached hydrogens (tertiary/aromatic N) is 2. The average Bonchev–Trinajstić information content (AvgIpc) is 2.14. The van der Waals surface area contributed by atoms with Gasteiger partial charge in [0.2, 0.25) is 0 Å². The van der Waals surface area contributed by atoms with Gasteiger partial charge < -0.3 is 10.0 Å². The van der Waals surface area contributed by atoms with Crippen LogP contribution in [0.4, 0.5) is 4.79 Å². The summed E-state index contributed by atoms with van der Waals surface area (Å²) < 4.78 is 0.719. The normalized spacial score (nSPS) is 11.3. The van der Waals surface area contributed by atoms with Crippen molar-refractivity contribution in [1.82, 2.24) is 9.88 Å². The van der Waals surface area contributed by atoms with Crippen LogP contribution in [-0.4, -0.2) is 27.6 Å². The summed E-state index contributed by atoms with van der Waals surface area (Å²) in [5, 5.41) is 9.15. The van der Waals surface area contributed by atoms with Gasteiger partial charge in [-0.25, -0.2) is 9.78 Å². The topological polar surface area (TPSA) is 53.4 Å². The Balaban J connectivity index is 2.77. The minimum Gasteiger partial charge on any atom is -0.465 e. The molecule has 0 aliphatic heterocycles. The predicted molar refractivity (Wildman–Crippen MR) is 69.8 cm³/mol. The second kappa shape index (κ2) is 5.49. The van der Waals surface area contributed by atoms with Crippen LogP contribution >= 0.6 is 15.9 Å². The molecule has 0 bridgehead atoms. The highest BCUT2D eigenvalue weighted by atomic mass is 79.9. The highest BCUT2D eigenvalue weighted by molar-refractivity contribution is 9.10. The van der Waals surface area contributed by atoms with Gasteiger partial charge in [-0.2, -0.15) is 0 Å². The second-order valence-corrected chi connectivity index (χ2v) is 5.96. The van der Waals surface area contributed by atoms with Crippen molar-refractivity contribution in [3.63, 3.8) is 0 Å². The zero-order valence-electron chi connectivity index (χ0n) is 10.3. The van der Waals surface area contributed by atoms with Gasteiger partial charge in [-0.1, -0.05) is 26.8 Å². The predicted octanol–water partition coefficient (Wildman–Crippen LogP) is 3.37. The maximum absolute atomic E-state index is 11.2. The Morgan fingerprint density at radius 2 is 2.12 bits per heavy atom. The molecule has 0 radical (unpaired) electrons. The Morgan fingerprint density at radius 1 is 1.47 bits per heavy atom. The number of carboxylic acid groups (broad SMARTS) is 1. The first-order valence-corrected chi connectivity index (χ1v) is 6.16. The van der Waals surface area contributed by atoms with Crippen molar-refractivity contribution in [2.45, 2.75) is 27.3 Å². The summed E-state index contributed by atoms with van der Waals surface area (Å²) in [5.41, 5.74) is 0.677. The molecule has 1 aromatic rings. The number of pyridine rings is 1. The fourth-order valence-electron chi connectivity index (χ4n) is 1.50. The first-order valence-electron chi connectivity index (χ1n) is 5.37. The Morgan fingerprint density at radius 3 is 2.59 bits per heavy atom. The number of carbonyl (C=O) groups is 1. The van der Waals surface area contributed by atoms with Crippen LogP contribution in [0.25, 0.3) is 0 Å². The van der Waals surface area contributed by atoms with E-state index in [1.54, 1.807) is 0 Å². The quantitative estimate of drug-likeness (QED) is 0.871. The summed E-state index contributed by atoms with van der Waals surface area (Å²) in [5.74, 6) is 0. The number of hydrogen-bond donors (Lipinski definition) is 1. The lowest BCUT2D eigenvalue weighted by Gasteiger charge is -2.27. The number of hydrogen-bond acceptors (Lipinski definition) is 2. The summed E-state index contributed by atoms with van der Waals surface area (Å²) in [6.45, 7) is 6.83. The van der Waals surface area contributed by atoms with E-state index in [0.717, 1.165) is 10.3 Å². The third kappa shape index (κ3) is 5.17. The largest absolute Gasteiger partial charge is 0.465 e. The van der Waals surface area contributed by atoms with E-state index in [1.807, 2.05) is 39.0 Å². The third-order valence-corrected chi connectivity index (χ3v) is 2.50. The van der Waals surface area contributed by atoms with E-state index >= 15 is 0 Å². The SMILES string of the molecule is CC(C)(C)CN(Cc1cccc(Br)n1)C(=O)O. The molecular weight excluding hydrogens is 284 g/mol. The monoisotopic (exact) mass is 300 g/mol. The highest BCUT2D eigenvalue weighted by Crippen LogP contribution is 2.17. The van der Waals surface area contributed by atoms with Crippen LogP contribution in [0.1, 0.15) is 26.5 Å². The van der Waals surface area contributed by atoms with Crippen LogP contribution in [0.15, 0.2) is 22.8 Å². The van der Waals surface area contributed by atoms with E-state index in [-0.39, 0.29) is 5.41 Å². The molecule has 0 aliphatic carbocycles. The van der Waals surface area contributed by atoms with Gasteiger partial charge in [0.25, 0.3) is 0 Å². The first kappa shape index (κ1) is 14.0. The fraction of sp³-hybridized carbons (Fsp3) is 0.500. The molecule has 0 spiro atoms. The van der Waals surface area contributed by atoms with Crippen molar-refractivity contribution < 1.29 is 9.90 Å². The van der Waals surface area contributed by atoms with Crippen LogP contribution in [0, 0.1) is 5.41 Å². The Hall–Kier alpha value is -1.10. The van der Waals surface area contributed by atoms with Crippen LogP contribution in [0.2, 0.25) is 0 Å². The third-order valence-electron chi connectivity index (χ3n) is 2.06. The molecule has 0 saturated carbocycles. The van der Waals surface area contributed by atoms with E-state index in [2.05, 4.69) is 20.9 Å². The van der Waals surface area contributed by atoms with E-state index in [4.69, 9.17) is 5.11 Å². The van der Waals surface area contributed by atoms with Gasteiger partial charge in [0, 0.05) is 6.54 Å². The minimum absolute atomic E-state index is 0.0651. The zero-order valence-corrected chi connectivity index (χ0v) is 11.9. The average molecular weight is 301 g/mol. The van der Waals surface area contributed by atoms with Crippen molar-refractivity contribution in [1.29, 1.82) is 0 Å². The summed E-state index contributed by atoms with van der Waals surface area (Å²) in [7, 11) is 0. The molecule has 17 heavy (non-hydrogen) atoms. The van der Waals surface area contributed by atoms with Crippen LogP contribution < -0.4 is 0 Å². The number of rotatable bonds is 3. The zero-order chi connectivity index (χ0) is 13.1. The molecule has 1 N–H and O–H groups in total. The molecule has 0 atom stereocenters. The maximum Gasteiger partial charge on any atom is 0.407 e. The summed E-state index contributed by atoms with van der Waals surface area (Å²) >= 11 is 3.27. The van der Waals surface area contributed by atoms with Gasteiger partial charge in [0.05, 0.1) is 12.2 Å². The molecule has 0 aliphatic rings. The molecule has 0 aromatic carbocycles. The van der Waals surface area contributed by atoms with E-state index in [9.17, 15) is 4.79 Å². The minimum atomic E-state index is -0.915. The number of amides is 1. The highest BCUT2D eigenvalue weighted by Gasteiger charge is 2.20. The molecule has 0 unspecified atom stereocenters. The van der Waals surface area contributed by atoms with Crippen LogP contribution in [0.3, 0.4) is 0 Å². The lowest BCUT2D eigenvalue weighted by Crippen LogP contribution is -2.36. The van der Waals surface area contributed by atoms with E-state index < -0.39 is 6.09 Å². The van der Waals surface area contributed by atoms with Gasteiger partial charge in [-0.15, -0.1) is 0 Å². The van der Waals surface area contributed by atoms with Crippen molar-refractivity contribution >= 4 is 22.0 Å². The second-order valence-electron chi connectivity index (χ2n) is 5.15. The molecule has 4 nitrogen and oxygen atoms in total. The molecule has 1 heterocycles. The Labute approximate surface area is 110 Å². The molecule has 1 amide bonds. The summed E-state index contributed by atoms with van der Waals surface area (Å²) in [4.78, 5) is 16.8. The van der Waals surface area contributed by atoms with E-state index in [0.29, 0.717) is 13.1 Å². The molecular formula is C12H17BrN2O2. The van der Waals surface area contributed by atoms with Crippen LogP contribution in [0.5, 0.6) is 0 Å². The first-order chi connectivity index (χ1) is 7.78. The molecule has 1 rings (SSSR count). The van der Waals surface area contributed by atoms with Crippen molar-refractivity contribution in [3.05, 3.63) is 28.5 Å². The summed E-state index contributed by atoms with van der Waals surface area (Å²) in [6, 6.07) is 5.49. The number of aromatic nitrogens is 1.